The van der Waals surface area contributed by atoms with E-state index in [0.717, 1.165) is 77.0 Å². The largest absolute Gasteiger partial charge is 0.462 e. The Kier molecular flexibility index (Phi) is 32.8. The highest BCUT2D eigenvalue weighted by Crippen LogP contribution is 2.22. The van der Waals surface area contributed by atoms with E-state index in [-0.39, 0.29) is 26.1 Å². The van der Waals surface area contributed by atoms with Crippen LogP contribution in [0.5, 0.6) is 0 Å². The van der Waals surface area contributed by atoms with Crippen LogP contribution >= 0.6 is 0 Å². The molecule has 0 aromatic carbocycles. The van der Waals surface area contributed by atoms with Gasteiger partial charge in [-0.25, -0.2) is 0 Å². The third-order valence-corrected chi connectivity index (χ3v) is 9.39. The zero-order chi connectivity index (χ0) is 40.2. The molecular weight excluding hydrogens is 700 g/mol. The zero-order valence-corrected chi connectivity index (χ0v) is 34.2. The minimum absolute atomic E-state index is 0.208. The molecule has 0 spiro atoms. The average Bonchev–Trinajstić information content (AvgIpc) is 3.18. The Labute approximate surface area is 332 Å². The molecule has 0 radical (unpaired) electrons. The van der Waals surface area contributed by atoms with Crippen LogP contribution in [0.15, 0.2) is 60.8 Å². The normalized spacial score (nSPS) is 21.2. The van der Waals surface area contributed by atoms with E-state index in [0.29, 0.717) is 12.8 Å². The van der Waals surface area contributed by atoms with E-state index in [9.17, 15) is 30.0 Å². The molecule has 6 atom stereocenters. The summed E-state index contributed by atoms with van der Waals surface area (Å²) in [6.45, 7) is 3.23. The van der Waals surface area contributed by atoms with E-state index in [2.05, 4.69) is 74.6 Å². The molecule has 0 aliphatic carbocycles. The monoisotopic (exact) mass is 777 g/mol. The molecule has 0 bridgehead atoms. The molecule has 1 aliphatic heterocycles. The second-order valence-electron chi connectivity index (χ2n) is 14.4. The lowest BCUT2D eigenvalue weighted by atomic mass is 9.99. The van der Waals surface area contributed by atoms with Crippen molar-refractivity contribution < 1.29 is 49.0 Å². The fraction of sp³-hybridized carbons (Fsp3) is 0.733. The van der Waals surface area contributed by atoms with Gasteiger partial charge in [-0.3, -0.25) is 9.59 Å². The van der Waals surface area contributed by atoms with Gasteiger partial charge in [0.05, 0.1) is 13.2 Å². The van der Waals surface area contributed by atoms with Gasteiger partial charge in [-0.05, 0) is 77.0 Å². The number of carbonyl (C=O) groups excluding carboxylic acids is 2. The number of hydrogen-bond donors (Lipinski definition) is 4. The van der Waals surface area contributed by atoms with Crippen LogP contribution in [0.2, 0.25) is 0 Å². The number of ether oxygens (including phenoxy) is 4. The Morgan fingerprint density at radius 2 is 1.07 bits per heavy atom. The minimum Gasteiger partial charge on any atom is -0.462 e. The highest BCUT2D eigenvalue weighted by molar-refractivity contribution is 5.70. The topological polar surface area (TPSA) is 152 Å². The summed E-state index contributed by atoms with van der Waals surface area (Å²) in [5.74, 6) is -0.870. The maximum Gasteiger partial charge on any atom is 0.306 e. The maximum atomic E-state index is 12.7. The first-order valence-corrected chi connectivity index (χ1v) is 21.4. The molecule has 10 nitrogen and oxygen atoms in total. The van der Waals surface area contributed by atoms with Crippen molar-refractivity contribution in [2.45, 2.75) is 192 Å². The average molecular weight is 777 g/mol. The van der Waals surface area contributed by atoms with Crippen LogP contribution in [0.3, 0.4) is 0 Å². The first kappa shape index (κ1) is 50.4. The predicted octanol–water partition coefficient (Wildman–Crippen LogP) is 8.66. The zero-order valence-electron chi connectivity index (χ0n) is 34.2. The molecule has 0 saturated carbocycles. The van der Waals surface area contributed by atoms with Crippen LogP contribution in [0.25, 0.3) is 0 Å². The molecule has 2 unspecified atom stereocenters. The molecule has 1 aliphatic rings. The van der Waals surface area contributed by atoms with E-state index in [4.69, 9.17) is 18.9 Å². The first-order chi connectivity index (χ1) is 26.8. The molecular formula is C45H76O10. The Hall–Kier alpha value is -2.60. The molecule has 0 aromatic rings. The Morgan fingerprint density at radius 3 is 1.67 bits per heavy atom. The van der Waals surface area contributed by atoms with Crippen LogP contribution < -0.4 is 0 Å². The molecule has 1 fully saturated rings. The summed E-state index contributed by atoms with van der Waals surface area (Å²) in [4.78, 5) is 25.3. The Balaban J connectivity index is 2.40. The highest BCUT2D eigenvalue weighted by atomic mass is 16.7. The molecule has 4 N–H and O–H groups in total. The third-order valence-electron chi connectivity index (χ3n) is 9.39. The van der Waals surface area contributed by atoms with Gasteiger partial charge in [0, 0.05) is 12.8 Å². The van der Waals surface area contributed by atoms with Gasteiger partial charge in [0.2, 0.25) is 0 Å². The van der Waals surface area contributed by atoms with Crippen LogP contribution in [-0.2, 0) is 28.5 Å². The summed E-state index contributed by atoms with van der Waals surface area (Å²) in [6.07, 6.45) is 35.1. The van der Waals surface area contributed by atoms with Crippen LogP contribution in [0.1, 0.15) is 155 Å². The Bertz CT molecular complexity index is 1080. The molecule has 1 saturated heterocycles. The number of hydrogen-bond acceptors (Lipinski definition) is 10. The van der Waals surface area contributed by atoms with Crippen LogP contribution in [-0.4, -0.2) is 89.0 Å². The fourth-order valence-corrected chi connectivity index (χ4v) is 6.00. The maximum absolute atomic E-state index is 12.7. The van der Waals surface area contributed by atoms with E-state index < -0.39 is 55.4 Å². The number of aliphatic hydroxyl groups excluding tert-OH is 4. The third kappa shape index (κ3) is 27.6. The van der Waals surface area contributed by atoms with Crippen molar-refractivity contribution >= 4 is 11.9 Å². The predicted molar refractivity (Wildman–Crippen MR) is 219 cm³/mol. The van der Waals surface area contributed by atoms with Crippen molar-refractivity contribution in [1.82, 2.24) is 0 Å². The van der Waals surface area contributed by atoms with Crippen molar-refractivity contribution in [2.24, 2.45) is 0 Å². The van der Waals surface area contributed by atoms with E-state index in [1.807, 2.05) is 0 Å². The number of esters is 2. The minimum atomic E-state index is -1.60. The van der Waals surface area contributed by atoms with Gasteiger partial charge < -0.3 is 39.4 Å². The van der Waals surface area contributed by atoms with Crippen molar-refractivity contribution in [2.75, 3.05) is 19.8 Å². The molecule has 55 heavy (non-hydrogen) atoms. The van der Waals surface area contributed by atoms with Gasteiger partial charge in [0.15, 0.2) is 12.4 Å². The number of carbonyl (C=O) groups is 2. The quantitative estimate of drug-likeness (QED) is 0.0284. The summed E-state index contributed by atoms with van der Waals surface area (Å²) >= 11 is 0. The van der Waals surface area contributed by atoms with Crippen LogP contribution in [0.4, 0.5) is 0 Å². The van der Waals surface area contributed by atoms with Gasteiger partial charge in [-0.2, -0.15) is 0 Å². The number of allylic oxidation sites excluding steroid dienone is 10. The van der Waals surface area contributed by atoms with Crippen LogP contribution in [0, 0.1) is 0 Å². The van der Waals surface area contributed by atoms with Crippen molar-refractivity contribution in [1.29, 1.82) is 0 Å². The number of aliphatic hydroxyl groups is 4. The standard InChI is InChI=1S/C45H76O10/c1-3-5-7-9-11-13-15-17-19-21-23-25-27-29-31-33-40(47)52-36-38(37-53-45-44(51)43(50)42(49)39(35-46)55-45)54-41(48)34-32-30-28-26-24-22-20-18-16-14-12-10-8-6-4-2/h5,7,11,13,17-20,23,25,38-39,42-46,49-51H,3-4,6,8-10,12,14-16,21-22,24,26-37H2,1-2H3/b7-5+,13-11+,19-17+,20-18+,25-23+/t38-,39-,42+,43?,44?,45-/m0/s1. The first-order valence-electron chi connectivity index (χ1n) is 21.4. The molecule has 10 heteroatoms. The molecule has 0 aromatic heterocycles. The second-order valence-corrected chi connectivity index (χ2v) is 14.4. The summed E-state index contributed by atoms with van der Waals surface area (Å²) in [5, 5.41) is 40.0. The second kappa shape index (κ2) is 35.8. The SMILES string of the molecule is CC/C=C/C/C=C/C/C=C/C/C=C/CCCCC(=O)OC[C@@H](CO[C@H]1O[C@@H](CO)[C@@H](O)C(O)C1O)OC(=O)CCCCCCC/C=C/CCCCCCCC. The number of unbranched alkanes of at least 4 members (excludes halogenated alkanes) is 13. The van der Waals surface area contributed by atoms with Crippen molar-refractivity contribution in [3.63, 3.8) is 0 Å². The van der Waals surface area contributed by atoms with Crippen molar-refractivity contribution in [3.05, 3.63) is 60.8 Å². The smallest absolute Gasteiger partial charge is 0.306 e. The van der Waals surface area contributed by atoms with Gasteiger partial charge in [-0.15, -0.1) is 0 Å². The van der Waals surface area contributed by atoms with Gasteiger partial charge in [0.25, 0.3) is 0 Å². The summed E-state index contributed by atoms with van der Waals surface area (Å²) in [7, 11) is 0. The summed E-state index contributed by atoms with van der Waals surface area (Å²) in [5.41, 5.74) is 0. The van der Waals surface area contributed by atoms with Gasteiger partial charge in [0.1, 0.15) is 31.0 Å². The summed E-state index contributed by atoms with van der Waals surface area (Å²) < 4.78 is 22.1. The van der Waals surface area contributed by atoms with Gasteiger partial charge >= 0.3 is 11.9 Å². The molecule has 1 heterocycles. The Morgan fingerprint density at radius 1 is 0.582 bits per heavy atom. The highest BCUT2D eigenvalue weighted by Gasteiger charge is 2.44. The van der Waals surface area contributed by atoms with E-state index in [1.54, 1.807) is 0 Å². The molecule has 1 rings (SSSR count). The lowest BCUT2D eigenvalue weighted by Crippen LogP contribution is -2.59. The van der Waals surface area contributed by atoms with Crippen molar-refractivity contribution in [3.8, 4) is 0 Å². The number of rotatable bonds is 34. The summed E-state index contributed by atoms with van der Waals surface area (Å²) in [6, 6.07) is 0. The van der Waals surface area contributed by atoms with Gasteiger partial charge in [-0.1, -0.05) is 126 Å². The van der Waals surface area contributed by atoms with E-state index in [1.165, 1.54) is 38.5 Å². The molecule has 0 amide bonds. The van der Waals surface area contributed by atoms with E-state index >= 15 is 0 Å². The molecule has 316 valence electrons. The lowest BCUT2D eigenvalue weighted by Gasteiger charge is -2.39. The lowest BCUT2D eigenvalue weighted by molar-refractivity contribution is -0.305. The fourth-order valence-electron chi connectivity index (χ4n) is 6.00.